The number of anilines is 2. The lowest BCUT2D eigenvalue weighted by atomic mass is 9.81. The number of carbonyl (C=O) groups excluding carboxylic acids is 2. The lowest BCUT2D eigenvalue weighted by molar-refractivity contribution is -0.125. The Morgan fingerprint density at radius 3 is 1.81 bits per heavy atom. The molecular weight excluding hydrogens is 338 g/mol. The average Bonchev–Trinajstić information content (AvgIpc) is 2.65. The zero-order valence-corrected chi connectivity index (χ0v) is 14.2. The molecule has 0 saturated heterocycles. The summed E-state index contributed by atoms with van der Waals surface area (Å²) in [6.07, 6.45) is 2.41. The molecule has 136 valence electrons. The van der Waals surface area contributed by atoms with Crippen LogP contribution in [0.2, 0.25) is 0 Å². The number of hydrogen-bond donors (Lipinski definition) is 2. The normalized spacial score (nSPS) is 19.6. The molecule has 0 aromatic heterocycles. The molecule has 2 aromatic rings. The third-order valence-corrected chi connectivity index (χ3v) is 4.70. The Balaban J connectivity index is 1.50. The van der Waals surface area contributed by atoms with Crippen LogP contribution < -0.4 is 10.6 Å². The van der Waals surface area contributed by atoms with Gasteiger partial charge in [0.15, 0.2) is 11.6 Å². The molecule has 2 N–H and O–H groups in total. The molecule has 2 aromatic carbocycles. The lowest BCUT2D eigenvalue weighted by Gasteiger charge is -2.27. The number of rotatable bonds is 4. The number of hydrogen-bond acceptors (Lipinski definition) is 2. The van der Waals surface area contributed by atoms with Gasteiger partial charge in [0.1, 0.15) is 0 Å². The molecule has 4 nitrogen and oxygen atoms in total. The van der Waals surface area contributed by atoms with E-state index >= 15 is 0 Å². The van der Waals surface area contributed by atoms with Crippen molar-refractivity contribution in [3.05, 3.63) is 60.2 Å². The minimum absolute atomic E-state index is 0.0318. The van der Waals surface area contributed by atoms with E-state index in [1.54, 1.807) is 0 Å². The van der Waals surface area contributed by atoms with Crippen LogP contribution in [0.25, 0.3) is 0 Å². The first kappa shape index (κ1) is 18.0. The summed E-state index contributed by atoms with van der Waals surface area (Å²) in [6, 6.07) is 12.5. The summed E-state index contributed by atoms with van der Waals surface area (Å²) in [4.78, 5) is 24.6. The van der Waals surface area contributed by atoms with Crippen LogP contribution in [0.5, 0.6) is 0 Å². The van der Waals surface area contributed by atoms with Crippen LogP contribution in [0.15, 0.2) is 48.5 Å². The zero-order valence-electron chi connectivity index (χ0n) is 14.2. The van der Waals surface area contributed by atoms with E-state index < -0.39 is 11.6 Å². The third-order valence-electron chi connectivity index (χ3n) is 4.70. The molecule has 0 spiro atoms. The van der Waals surface area contributed by atoms with Gasteiger partial charge in [-0.15, -0.1) is 0 Å². The third kappa shape index (κ3) is 4.45. The van der Waals surface area contributed by atoms with E-state index in [0.29, 0.717) is 25.7 Å². The molecule has 0 bridgehead atoms. The monoisotopic (exact) mass is 358 g/mol. The maximum absolute atomic E-state index is 13.2. The summed E-state index contributed by atoms with van der Waals surface area (Å²) in [7, 11) is 0. The summed E-state index contributed by atoms with van der Waals surface area (Å²) in [6.45, 7) is 0. The minimum atomic E-state index is -0.996. The SMILES string of the molecule is O=C(Nc1ccccc1)C1CCC(C(=O)Nc2ccc(F)c(F)c2)CC1. The van der Waals surface area contributed by atoms with Crippen molar-refractivity contribution in [2.75, 3.05) is 10.6 Å². The van der Waals surface area contributed by atoms with E-state index in [2.05, 4.69) is 10.6 Å². The maximum atomic E-state index is 13.2. The fraction of sp³-hybridized carbons (Fsp3) is 0.300. The van der Waals surface area contributed by atoms with Crippen molar-refractivity contribution in [2.45, 2.75) is 25.7 Å². The largest absolute Gasteiger partial charge is 0.326 e. The van der Waals surface area contributed by atoms with Gasteiger partial charge in [0.2, 0.25) is 11.8 Å². The highest BCUT2D eigenvalue weighted by molar-refractivity contribution is 5.94. The number of halogens is 2. The Labute approximate surface area is 150 Å². The van der Waals surface area contributed by atoms with Crippen molar-refractivity contribution >= 4 is 23.2 Å². The van der Waals surface area contributed by atoms with Gasteiger partial charge in [0.25, 0.3) is 0 Å². The molecule has 0 aliphatic heterocycles. The number of benzene rings is 2. The van der Waals surface area contributed by atoms with E-state index in [1.165, 1.54) is 6.07 Å². The average molecular weight is 358 g/mol. The van der Waals surface area contributed by atoms with Crippen LogP contribution in [-0.4, -0.2) is 11.8 Å². The van der Waals surface area contributed by atoms with Crippen LogP contribution in [-0.2, 0) is 9.59 Å². The molecule has 1 saturated carbocycles. The van der Waals surface area contributed by atoms with Crippen LogP contribution in [0.3, 0.4) is 0 Å². The molecule has 1 aliphatic carbocycles. The van der Waals surface area contributed by atoms with Crippen molar-refractivity contribution in [3.63, 3.8) is 0 Å². The quantitative estimate of drug-likeness (QED) is 0.854. The van der Waals surface area contributed by atoms with Crippen molar-refractivity contribution in [1.29, 1.82) is 0 Å². The number of nitrogens with one attached hydrogen (secondary N) is 2. The molecule has 6 heteroatoms. The van der Waals surface area contributed by atoms with Crippen molar-refractivity contribution in [2.24, 2.45) is 11.8 Å². The Morgan fingerprint density at radius 2 is 1.27 bits per heavy atom. The van der Waals surface area contributed by atoms with Gasteiger partial charge in [-0.3, -0.25) is 9.59 Å². The Hall–Kier alpha value is -2.76. The molecule has 0 unspecified atom stereocenters. The standard InChI is InChI=1S/C20H20F2N2O2/c21-17-11-10-16(12-18(17)22)24-20(26)14-8-6-13(7-9-14)19(25)23-15-4-2-1-3-5-15/h1-5,10-14H,6-9H2,(H,23,25)(H,24,26). The van der Waals surface area contributed by atoms with Gasteiger partial charge >= 0.3 is 0 Å². The van der Waals surface area contributed by atoms with Crippen LogP contribution in [0.1, 0.15) is 25.7 Å². The predicted molar refractivity (Wildman–Crippen MR) is 95.5 cm³/mol. The molecule has 1 fully saturated rings. The molecule has 1 aliphatic rings. The first-order valence-electron chi connectivity index (χ1n) is 8.65. The van der Waals surface area contributed by atoms with Crippen LogP contribution in [0.4, 0.5) is 20.2 Å². The van der Waals surface area contributed by atoms with E-state index in [1.807, 2.05) is 30.3 Å². The number of amides is 2. The van der Waals surface area contributed by atoms with Gasteiger partial charge in [-0.2, -0.15) is 0 Å². The van der Waals surface area contributed by atoms with E-state index in [4.69, 9.17) is 0 Å². The summed E-state index contributed by atoms with van der Waals surface area (Å²) >= 11 is 0. The fourth-order valence-corrected chi connectivity index (χ4v) is 3.20. The second kappa shape index (κ2) is 8.08. The van der Waals surface area contributed by atoms with Crippen molar-refractivity contribution < 1.29 is 18.4 Å². The first-order valence-corrected chi connectivity index (χ1v) is 8.65. The predicted octanol–water partition coefficient (Wildman–Crippen LogP) is 4.35. The highest BCUT2D eigenvalue weighted by atomic mass is 19.2. The van der Waals surface area contributed by atoms with Crippen LogP contribution >= 0.6 is 0 Å². The van der Waals surface area contributed by atoms with Crippen molar-refractivity contribution in [1.82, 2.24) is 0 Å². The van der Waals surface area contributed by atoms with E-state index in [-0.39, 0.29) is 29.3 Å². The van der Waals surface area contributed by atoms with Gasteiger partial charge in [0, 0.05) is 29.3 Å². The molecule has 0 heterocycles. The van der Waals surface area contributed by atoms with Gasteiger partial charge in [-0.05, 0) is 49.9 Å². The van der Waals surface area contributed by atoms with E-state index in [9.17, 15) is 18.4 Å². The molecule has 0 atom stereocenters. The van der Waals surface area contributed by atoms with Crippen molar-refractivity contribution in [3.8, 4) is 0 Å². The fourth-order valence-electron chi connectivity index (χ4n) is 3.20. The Bertz CT molecular complexity index is 788. The number of carbonyl (C=O) groups is 2. The van der Waals surface area contributed by atoms with Gasteiger partial charge < -0.3 is 10.6 Å². The highest BCUT2D eigenvalue weighted by Gasteiger charge is 2.30. The van der Waals surface area contributed by atoms with Gasteiger partial charge in [0.05, 0.1) is 0 Å². The van der Waals surface area contributed by atoms with E-state index in [0.717, 1.165) is 17.8 Å². The number of para-hydroxylation sites is 1. The Morgan fingerprint density at radius 1 is 0.731 bits per heavy atom. The molecule has 3 rings (SSSR count). The smallest absolute Gasteiger partial charge is 0.227 e. The highest BCUT2D eigenvalue weighted by Crippen LogP contribution is 2.30. The summed E-state index contributed by atoms with van der Waals surface area (Å²) < 4.78 is 26.2. The second-order valence-electron chi connectivity index (χ2n) is 6.52. The lowest BCUT2D eigenvalue weighted by Crippen LogP contribution is -2.32. The van der Waals surface area contributed by atoms with Crippen LogP contribution in [0, 0.1) is 23.5 Å². The minimum Gasteiger partial charge on any atom is -0.326 e. The summed E-state index contributed by atoms with van der Waals surface area (Å²) in [5.74, 6) is -2.56. The summed E-state index contributed by atoms with van der Waals surface area (Å²) in [5, 5.41) is 5.51. The molecule has 26 heavy (non-hydrogen) atoms. The molecular formula is C20H20F2N2O2. The topological polar surface area (TPSA) is 58.2 Å². The Kier molecular flexibility index (Phi) is 5.61. The van der Waals surface area contributed by atoms with Gasteiger partial charge in [-0.1, -0.05) is 18.2 Å². The molecule has 2 amide bonds. The maximum Gasteiger partial charge on any atom is 0.227 e. The van der Waals surface area contributed by atoms with Gasteiger partial charge in [-0.25, -0.2) is 8.78 Å². The molecule has 0 radical (unpaired) electrons. The zero-order chi connectivity index (χ0) is 18.5. The first-order chi connectivity index (χ1) is 12.5. The second-order valence-corrected chi connectivity index (χ2v) is 6.52. The summed E-state index contributed by atoms with van der Waals surface area (Å²) in [5.41, 5.74) is 0.994.